The van der Waals surface area contributed by atoms with Crippen LogP contribution in [-0.4, -0.2) is 60.7 Å². The van der Waals surface area contributed by atoms with Crippen LogP contribution in [0.5, 0.6) is 5.75 Å². The summed E-state index contributed by atoms with van der Waals surface area (Å²) < 4.78 is 12.6. The average molecular weight is 556 g/mol. The van der Waals surface area contributed by atoms with E-state index < -0.39 is 17.0 Å². The van der Waals surface area contributed by atoms with E-state index >= 15 is 0 Å². The second kappa shape index (κ2) is 11.1. The maximum Gasteiger partial charge on any atom is 0.308 e. The number of nitrogens with zero attached hydrogens (tertiary/aromatic N) is 1. The molecule has 0 aromatic heterocycles. The number of hydrogen-bond acceptors (Lipinski definition) is 5. The summed E-state index contributed by atoms with van der Waals surface area (Å²) in [6.45, 7) is 9.05. The lowest BCUT2D eigenvalue weighted by molar-refractivity contribution is -0.917. The molecule has 0 spiro atoms. The molecular weight excluding hydrogens is 516 g/mol. The normalized spacial score (nSPS) is 27.3. The van der Waals surface area contributed by atoms with Crippen LogP contribution in [0.1, 0.15) is 55.5 Å². The van der Waals surface area contributed by atoms with Gasteiger partial charge in [-0.3, -0.25) is 14.4 Å². The predicted molar refractivity (Wildman–Crippen MR) is 159 cm³/mol. The fourth-order valence-corrected chi connectivity index (χ4v) is 7.27. The molecule has 214 valence electrons. The molecule has 3 aromatic carbocycles. The molecule has 41 heavy (non-hydrogen) atoms. The molecule has 0 bridgehead atoms. The Morgan fingerprint density at radius 1 is 1.00 bits per heavy atom. The first kappa shape index (κ1) is 28.6. The molecule has 2 aliphatic rings. The van der Waals surface area contributed by atoms with Crippen molar-refractivity contribution in [1.82, 2.24) is 5.32 Å². The Balaban J connectivity index is 1.53. The maximum atomic E-state index is 13.5. The van der Waals surface area contributed by atoms with E-state index in [1.807, 2.05) is 66.7 Å². The fraction of sp³-hybridized carbons (Fsp3) is 0.382. The molecule has 1 saturated carbocycles. The minimum atomic E-state index is -0.798. The number of amides is 1. The maximum absolute atomic E-state index is 13.5. The van der Waals surface area contributed by atoms with Crippen LogP contribution in [0.3, 0.4) is 0 Å². The number of esters is 2. The standard InChI is InChI=1S/C34H38N2O5/c1-5-18-36(4)19-17-33(29-11-8-12-31(21-29)40-24(2)37)22-30(15-16-34(33,23-36)41-25(3)38)35-32(39)28-14-13-26-9-6-7-10-27(26)20-28/h5-14,20-21,30H,1,15-19,22-23H2,2-4H3/p+1/t30-,33-,34?,36-/m0/s1. The number of quaternary nitrogens is 1. The summed E-state index contributed by atoms with van der Waals surface area (Å²) in [7, 11) is 2.18. The zero-order valence-corrected chi connectivity index (χ0v) is 24.2. The van der Waals surface area contributed by atoms with Crippen molar-refractivity contribution in [3.63, 3.8) is 0 Å². The Labute approximate surface area is 241 Å². The molecule has 4 atom stereocenters. The highest BCUT2D eigenvalue weighted by atomic mass is 16.6. The number of nitrogens with one attached hydrogen (secondary N) is 1. The van der Waals surface area contributed by atoms with E-state index in [0.29, 0.717) is 41.6 Å². The topological polar surface area (TPSA) is 81.7 Å². The van der Waals surface area contributed by atoms with E-state index in [2.05, 4.69) is 18.9 Å². The third-order valence-electron chi connectivity index (χ3n) is 8.98. The van der Waals surface area contributed by atoms with Crippen molar-refractivity contribution in [2.45, 2.75) is 56.6 Å². The van der Waals surface area contributed by atoms with Gasteiger partial charge < -0.3 is 19.3 Å². The summed E-state index contributed by atoms with van der Waals surface area (Å²) in [4.78, 5) is 38.0. The van der Waals surface area contributed by atoms with Crippen molar-refractivity contribution < 1.29 is 28.3 Å². The molecule has 2 fully saturated rings. The molecule has 1 heterocycles. The zero-order valence-electron chi connectivity index (χ0n) is 24.2. The van der Waals surface area contributed by atoms with Gasteiger partial charge in [-0.1, -0.05) is 49.0 Å². The Bertz CT molecular complexity index is 1500. The van der Waals surface area contributed by atoms with Crippen molar-refractivity contribution in [3.05, 3.63) is 90.5 Å². The lowest BCUT2D eigenvalue weighted by Gasteiger charge is -2.60. The van der Waals surface area contributed by atoms with Crippen LogP contribution in [0.2, 0.25) is 0 Å². The number of fused-ring (bicyclic) bond motifs is 2. The molecule has 0 radical (unpaired) electrons. The van der Waals surface area contributed by atoms with Crippen LogP contribution in [0.4, 0.5) is 0 Å². The molecule has 7 nitrogen and oxygen atoms in total. The quantitative estimate of drug-likeness (QED) is 0.185. The third kappa shape index (κ3) is 5.64. The summed E-state index contributed by atoms with van der Waals surface area (Å²) in [6.07, 6.45) is 4.52. The Morgan fingerprint density at radius 3 is 2.51 bits per heavy atom. The summed E-state index contributed by atoms with van der Waals surface area (Å²) in [5.74, 6) is -0.380. The number of hydrogen-bond donors (Lipinski definition) is 1. The van der Waals surface area contributed by atoms with Crippen molar-refractivity contribution in [3.8, 4) is 5.75 Å². The third-order valence-corrected chi connectivity index (χ3v) is 8.98. The first-order valence-electron chi connectivity index (χ1n) is 14.3. The zero-order chi connectivity index (χ0) is 29.3. The monoisotopic (exact) mass is 555 g/mol. The van der Waals surface area contributed by atoms with Gasteiger partial charge in [-0.25, -0.2) is 0 Å². The average Bonchev–Trinajstić information content (AvgIpc) is 2.92. The lowest BCUT2D eigenvalue weighted by atomic mass is 9.54. The highest BCUT2D eigenvalue weighted by molar-refractivity contribution is 5.98. The summed E-state index contributed by atoms with van der Waals surface area (Å²) >= 11 is 0. The largest absolute Gasteiger partial charge is 0.452 e. The number of rotatable bonds is 7. The number of carbonyl (C=O) groups is 3. The number of piperidine rings is 1. The highest BCUT2D eigenvalue weighted by Gasteiger charge is 2.64. The molecule has 1 aliphatic heterocycles. The second-order valence-electron chi connectivity index (χ2n) is 12.0. The van der Waals surface area contributed by atoms with Gasteiger partial charge in [0, 0.05) is 37.3 Å². The van der Waals surface area contributed by atoms with E-state index in [1.165, 1.54) is 13.8 Å². The Morgan fingerprint density at radius 2 is 1.78 bits per heavy atom. The summed E-state index contributed by atoms with van der Waals surface area (Å²) in [6, 6.07) is 21.2. The van der Waals surface area contributed by atoms with Crippen molar-refractivity contribution >= 4 is 28.6 Å². The smallest absolute Gasteiger partial charge is 0.308 e. The van der Waals surface area contributed by atoms with Gasteiger partial charge in [0.2, 0.25) is 0 Å². The molecule has 1 N–H and O–H groups in total. The molecule has 5 rings (SSSR count). The van der Waals surface area contributed by atoms with Gasteiger partial charge in [-0.2, -0.15) is 0 Å². The van der Waals surface area contributed by atoms with E-state index in [4.69, 9.17) is 9.47 Å². The first-order chi connectivity index (χ1) is 19.6. The van der Waals surface area contributed by atoms with Crippen molar-refractivity contribution in [2.24, 2.45) is 0 Å². The van der Waals surface area contributed by atoms with Gasteiger partial charge in [-0.05, 0) is 65.9 Å². The molecule has 1 unspecified atom stereocenters. The lowest BCUT2D eigenvalue weighted by Crippen LogP contribution is -2.72. The van der Waals surface area contributed by atoms with Crippen LogP contribution in [0, 0.1) is 0 Å². The number of likely N-dealkylation sites (tertiary alicyclic amines) is 1. The minimum absolute atomic E-state index is 0.118. The van der Waals surface area contributed by atoms with Crippen LogP contribution in [0.15, 0.2) is 79.4 Å². The van der Waals surface area contributed by atoms with Gasteiger partial charge in [0.05, 0.1) is 20.1 Å². The van der Waals surface area contributed by atoms with Crippen molar-refractivity contribution in [1.29, 1.82) is 0 Å². The van der Waals surface area contributed by atoms with Gasteiger partial charge >= 0.3 is 11.9 Å². The van der Waals surface area contributed by atoms with E-state index in [-0.39, 0.29) is 17.9 Å². The van der Waals surface area contributed by atoms with Gasteiger partial charge in [0.25, 0.3) is 5.91 Å². The van der Waals surface area contributed by atoms with E-state index in [1.54, 1.807) is 6.07 Å². The number of carbonyl (C=O) groups excluding carboxylic acids is 3. The highest BCUT2D eigenvalue weighted by Crippen LogP contribution is 2.55. The molecule has 7 heteroatoms. The SMILES string of the molecule is C=CC[N@@+]1(C)CC[C@@]2(c3cccc(OC(C)=O)c3)C[C@@H](NC(=O)c3ccc4ccccc4c3)CCC2(OC(C)=O)C1. The predicted octanol–water partition coefficient (Wildman–Crippen LogP) is 5.32. The molecule has 1 aliphatic carbocycles. The van der Waals surface area contributed by atoms with Gasteiger partial charge in [0.15, 0.2) is 5.60 Å². The van der Waals surface area contributed by atoms with Crippen LogP contribution < -0.4 is 10.1 Å². The van der Waals surface area contributed by atoms with Crippen LogP contribution >= 0.6 is 0 Å². The molecule has 3 aromatic rings. The summed E-state index contributed by atoms with van der Waals surface area (Å²) in [5.41, 5.74) is 0.179. The van der Waals surface area contributed by atoms with Gasteiger partial charge in [-0.15, -0.1) is 0 Å². The minimum Gasteiger partial charge on any atom is -0.452 e. The van der Waals surface area contributed by atoms with Crippen LogP contribution in [-0.2, 0) is 19.7 Å². The fourth-order valence-electron chi connectivity index (χ4n) is 7.27. The van der Waals surface area contributed by atoms with E-state index in [0.717, 1.165) is 35.8 Å². The number of likely N-dealkylation sites (N-methyl/N-ethyl adjacent to an activating group) is 1. The Kier molecular flexibility index (Phi) is 7.75. The molecular formula is C34H39N2O5+. The van der Waals surface area contributed by atoms with Gasteiger partial charge in [0.1, 0.15) is 12.3 Å². The Hall–Kier alpha value is -3.97. The molecule has 1 saturated heterocycles. The number of ether oxygens (including phenoxy) is 2. The van der Waals surface area contributed by atoms with Crippen LogP contribution in [0.25, 0.3) is 10.8 Å². The second-order valence-corrected chi connectivity index (χ2v) is 12.0. The van der Waals surface area contributed by atoms with Crippen molar-refractivity contribution in [2.75, 3.05) is 26.7 Å². The van der Waals surface area contributed by atoms with E-state index in [9.17, 15) is 14.4 Å². The first-order valence-corrected chi connectivity index (χ1v) is 14.3. The molecule has 1 amide bonds. The number of benzene rings is 3. The summed E-state index contributed by atoms with van der Waals surface area (Å²) in [5, 5.41) is 5.41.